The van der Waals surface area contributed by atoms with Crippen molar-refractivity contribution >= 4 is 23.4 Å². The van der Waals surface area contributed by atoms with Crippen LogP contribution in [0.15, 0.2) is 18.2 Å². The van der Waals surface area contributed by atoms with Crippen molar-refractivity contribution in [3.63, 3.8) is 0 Å². The van der Waals surface area contributed by atoms with E-state index in [2.05, 4.69) is 5.32 Å². The van der Waals surface area contributed by atoms with Crippen molar-refractivity contribution in [3.8, 4) is 5.75 Å². The quantitative estimate of drug-likeness (QED) is 0.752. The Hall–Kier alpha value is -1.16. The molecule has 0 unspecified atom stereocenters. The Morgan fingerprint density at radius 1 is 1.57 bits per heavy atom. The average molecular weight is 211 g/mol. The summed E-state index contributed by atoms with van der Waals surface area (Å²) in [6.45, 7) is 1.88. The van der Waals surface area contributed by atoms with E-state index in [0.29, 0.717) is 11.4 Å². The van der Waals surface area contributed by atoms with E-state index in [0.717, 1.165) is 5.56 Å². The fraction of sp³-hybridized carbons (Fsp3) is 0.300. The van der Waals surface area contributed by atoms with Gasteiger partial charge in [0, 0.05) is 0 Å². The zero-order valence-electron chi connectivity index (χ0n) is 8.20. The molecule has 0 aliphatic heterocycles. The molecule has 0 fully saturated rings. The number of rotatable bonds is 3. The Morgan fingerprint density at radius 2 is 2.29 bits per heavy atom. The molecule has 3 nitrogen and oxygen atoms in total. The summed E-state index contributed by atoms with van der Waals surface area (Å²) in [5.74, 6) is 0.406. The first-order chi connectivity index (χ1) is 6.63. The summed E-state index contributed by atoms with van der Waals surface area (Å²) < 4.78 is 0. The fourth-order valence-electron chi connectivity index (χ4n) is 1.06. The van der Waals surface area contributed by atoms with Gasteiger partial charge in [-0.1, -0.05) is 6.07 Å². The summed E-state index contributed by atoms with van der Waals surface area (Å²) in [5.41, 5.74) is 1.43. The molecule has 0 bridgehead atoms. The number of carbonyl (C=O) groups is 1. The zero-order chi connectivity index (χ0) is 10.6. The predicted molar refractivity (Wildman–Crippen MR) is 59.9 cm³/mol. The minimum absolute atomic E-state index is 0.100. The SMILES string of the molecule is CSCC(=O)Nc1ccc(C)cc1O. The van der Waals surface area contributed by atoms with Gasteiger partial charge < -0.3 is 10.4 Å². The van der Waals surface area contributed by atoms with E-state index >= 15 is 0 Å². The van der Waals surface area contributed by atoms with Crippen LogP contribution in [0.4, 0.5) is 5.69 Å². The van der Waals surface area contributed by atoms with Crippen molar-refractivity contribution < 1.29 is 9.90 Å². The molecule has 0 saturated carbocycles. The third-order valence-corrected chi connectivity index (χ3v) is 2.25. The molecule has 0 aromatic heterocycles. The van der Waals surface area contributed by atoms with Gasteiger partial charge in [-0.2, -0.15) is 11.8 Å². The van der Waals surface area contributed by atoms with Crippen LogP contribution in [0.1, 0.15) is 5.56 Å². The van der Waals surface area contributed by atoms with Crippen molar-refractivity contribution in [2.75, 3.05) is 17.3 Å². The lowest BCUT2D eigenvalue weighted by Gasteiger charge is -2.06. The number of amides is 1. The van der Waals surface area contributed by atoms with Crippen LogP contribution in [0.3, 0.4) is 0 Å². The lowest BCUT2D eigenvalue weighted by molar-refractivity contribution is -0.113. The van der Waals surface area contributed by atoms with Gasteiger partial charge in [0.2, 0.25) is 5.91 Å². The highest BCUT2D eigenvalue weighted by molar-refractivity contribution is 7.99. The number of hydrogen-bond donors (Lipinski definition) is 2. The fourth-order valence-corrected chi connectivity index (χ4v) is 1.40. The molecule has 0 saturated heterocycles. The first-order valence-corrected chi connectivity index (χ1v) is 5.61. The van der Waals surface area contributed by atoms with Crippen molar-refractivity contribution in [2.24, 2.45) is 0 Å². The van der Waals surface area contributed by atoms with Crippen LogP contribution >= 0.6 is 11.8 Å². The number of aryl methyl sites for hydroxylation is 1. The highest BCUT2D eigenvalue weighted by Gasteiger charge is 2.04. The van der Waals surface area contributed by atoms with Crippen molar-refractivity contribution in [2.45, 2.75) is 6.92 Å². The van der Waals surface area contributed by atoms with Gasteiger partial charge in [-0.25, -0.2) is 0 Å². The molecule has 1 rings (SSSR count). The molecule has 2 N–H and O–H groups in total. The first kappa shape index (κ1) is 10.9. The molecule has 0 atom stereocenters. The number of nitrogens with one attached hydrogen (secondary N) is 1. The summed E-state index contributed by atoms with van der Waals surface area (Å²) in [7, 11) is 0. The Morgan fingerprint density at radius 3 is 2.86 bits per heavy atom. The minimum Gasteiger partial charge on any atom is -0.506 e. The predicted octanol–water partition coefficient (Wildman–Crippen LogP) is 2.00. The monoisotopic (exact) mass is 211 g/mol. The Labute approximate surface area is 87.5 Å². The van der Waals surface area contributed by atoms with Crippen molar-refractivity contribution in [3.05, 3.63) is 23.8 Å². The normalized spacial score (nSPS) is 9.86. The number of benzene rings is 1. The van der Waals surface area contributed by atoms with E-state index in [-0.39, 0.29) is 11.7 Å². The van der Waals surface area contributed by atoms with Gasteiger partial charge in [-0.05, 0) is 30.9 Å². The van der Waals surface area contributed by atoms with Crippen LogP contribution in [0, 0.1) is 6.92 Å². The third kappa shape index (κ3) is 2.96. The number of carbonyl (C=O) groups excluding carboxylic acids is 1. The minimum atomic E-state index is -0.100. The molecule has 0 aliphatic carbocycles. The highest BCUT2D eigenvalue weighted by atomic mass is 32.2. The molecular formula is C10H13NO2S. The second-order valence-electron chi connectivity index (χ2n) is 3.00. The van der Waals surface area contributed by atoms with Gasteiger partial charge in [0.05, 0.1) is 11.4 Å². The molecule has 0 radical (unpaired) electrons. The lowest BCUT2D eigenvalue weighted by atomic mass is 10.2. The third-order valence-electron chi connectivity index (χ3n) is 1.70. The summed E-state index contributed by atoms with van der Waals surface area (Å²) in [4.78, 5) is 11.2. The molecule has 76 valence electrons. The maximum atomic E-state index is 11.2. The molecule has 0 spiro atoms. The maximum Gasteiger partial charge on any atom is 0.234 e. The summed E-state index contributed by atoms with van der Waals surface area (Å²) in [5, 5.41) is 12.1. The molecule has 14 heavy (non-hydrogen) atoms. The first-order valence-electron chi connectivity index (χ1n) is 4.22. The second-order valence-corrected chi connectivity index (χ2v) is 3.87. The topological polar surface area (TPSA) is 49.3 Å². The van der Waals surface area contributed by atoms with Crippen molar-refractivity contribution in [1.82, 2.24) is 0 Å². The van der Waals surface area contributed by atoms with Crippen LogP contribution in [0.5, 0.6) is 5.75 Å². The van der Waals surface area contributed by atoms with E-state index in [1.54, 1.807) is 12.1 Å². The number of aromatic hydroxyl groups is 1. The van der Waals surface area contributed by atoms with E-state index in [9.17, 15) is 9.90 Å². The standard InChI is InChI=1S/C10H13NO2S/c1-7-3-4-8(9(12)5-7)11-10(13)6-14-2/h3-5,12H,6H2,1-2H3,(H,11,13). The molecule has 0 heterocycles. The average Bonchev–Trinajstić information content (AvgIpc) is 2.10. The maximum absolute atomic E-state index is 11.2. The van der Waals surface area contributed by atoms with Crippen molar-refractivity contribution in [1.29, 1.82) is 0 Å². The van der Waals surface area contributed by atoms with E-state index in [1.807, 2.05) is 19.2 Å². The highest BCUT2D eigenvalue weighted by Crippen LogP contribution is 2.23. The summed E-state index contributed by atoms with van der Waals surface area (Å²) in [6, 6.07) is 5.16. The number of phenols is 1. The van der Waals surface area contributed by atoms with Gasteiger partial charge in [-0.15, -0.1) is 0 Å². The van der Waals surface area contributed by atoms with Gasteiger partial charge in [0.25, 0.3) is 0 Å². The Balaban J connectivity index is 2.72. The van der Waals surface area contributed by atoms with E-state index in [4.69, 9.17) is 0 Å². The number of phenolic OH excluding ortho intramolecular Hbond substituents is 1. The zero-order valence-corrected chi connectivity index (χ0v) is 9.02. The summed E-state index contributed by atoms with van der Waals surface area (Å²) >= 11 is 1.44. The number of anilines is 1. The van der Waals surface area contributed by atoms with Crippen LogP contribution in [0.25, 0.3) is 0 Å². The Bertz CT molecular complexity index is 339. The molecule has 4 heteroatoms. The van der Waals surface area contributed by atoms with Crippen LogP contribution < -0.4 is 5.32 Å². The molecule has 1 amide bonds. The van der Waals surface area contributed by atoms with Crippen LogP contribution in [-0.4, -0.2) is 23.0 Å². The number of hydrogen-bond acceptors (Lipinski definition) is 3. The van der Waals surface area contributed by atoms with Gasteiger partial charge in [-0.3, -0.25) is 4.79 Å². The largest absolute Gasteiger partial charge is 0.506 e. The van der Waals surface area contributed by atoms with E-state index in [1.165, 1.54) is 11.8 Å². The lowest BCUT2D eigenvalue weighted by Crippen LogP contribution is -2.13. The molecule has 1 aromatic carbocycles. The van der Waals surface area contributed by atoms with Crippen LogP contribution in [-0.2, 0) is 4.79 Å². The number of thioether (sulfide) groups is 1. The molecular weight excluding hydrogens is 198 g/mol. The Kier molecular flexibility index (Phi) is 3.83. The van der Waals surface area contributed by atoms with Gasteiger partial charge >= 0.3 is 0 Å². The van der Waals surface area contributed by atoms with Gasteiger partial charge in [0.1, 0.15) is 5.75 Å². The molecule has 1 aromatic rings. The van der Waals surface area contributed by atoms with E-state index < -0.39 is 0 Å². The van der Waals surface area contributed by atoms with Crippen LogP contribution in [0.2, 0.25) is 0 Å². The smallest absolute Gasteiger partial charge is 0.234 e. The second kappa shape index (κ2) is 4.91. The van der Waals surface area contributed by atoms with Gasteiger partial charge in [0.15, 0.2) is 0 Å². The molecule has 0 aliphatic rings. The summed E-state index contributed by atoms with van der Waals surface area (Å²) in [6.07, 6.45) is 1.86.